The highest BCUT2D eigenvalue weighted by molar-refractivity contribution is 6.01. The third kappa shape index (κ3) is 34.5. The molecule has 40 heteroatoms. The number of hydrogen-bond acceptors (Lipinski definition) is 19. The molecule has 1 fully saturated rings. The quantitative estimate of drug-likeness (QED) is 0.0138. The molecule has 0 spiro atoms. The van der Waals surface area contributed by atoms with Crippen LogP contribution in [0.5, 0.6) is 0 Å². The number of aromatic amines is 1. The van der Waals surface area contributed by atoms with Crippen LogP contribution >= 0.6 is 0 Å². The fourth-order valence-corrected chi connectivity index (χ4v) is 14.7. The second-order valence-corrected chi connectivity index (χ2v) is 33.8. The summed E-state index contributed by atoms with van der Waals surface area (Å²) in [5, 5.41) is 52.9. The van der Waals surface area contributed by atoms with Crippen LogP contribution in [0, 0.1) is 35.0 Å². The van der Waals surface area contributed by atoms with E-state index in [2.05, 4.69) is 74.1 Å². The maximum absolute atomic E-state index is 15.3. The molecule has 0 radical (unpaired) electrons. The number of rotatable bonds is 53. The number of nitrogens with zero attached hydrogens (tertiary/aromatic N) is 1. The van der Waals surface area contributed by atoms with Gasteiger partial charge in [0.15, 0.2) is 5.96 Å². The molecule has 5 aromatic rings. The van der Waals surface area contributed by atoms with Gasteiger partial charge in [0.1, 0.15) is 72.5 Å². The number of amides is 15. The zero-order valence-electron chi connectivity index (χ0n) is 74.1. The van der Waals surface area contributed by atoms with E-state index in [9.17, 15) is 85.4 Å². The summed E-state index contributed by atoms with van der Waals surface area (Å²) >= 11 is 0. The summed E-state index contributed by atoms with van der Waals surface area (Å²) in [5.41, 5.74) is 31.5. The Bertz CT molecular complexity index is 4600. The van der Waals surface area contributed by atoms with Crippen LogP contribution in [0.1, 0.15) is 148 Å². The zero-order chi connectivity index (χ0) is 95.4. The van der Waals surface area contributed by atoms with Crippen LogP contribution in [0.25, 0.3) is 10.9 Å². The smallest absolute Gasteiger partial charge is 0.393 e. The van der Waals surface area contributed by atoms with Crippen LogP contribution in [0.3, 0.4) is 0 Å². The van der Waals surface area contributed by atoms with E-state index >= 15 is 4.79 Å². The lowest BCUT2D eigenvalue weighted by Gasteiger charge is -2.32. The number of nitrogens with one attached hydrogen (secondary N) is 15. The van der Waals surface area contributed by atoms with Gasteiger partial charge in [0.2, 0.25) is 88.6 Å². The lowest BCUT2D eigenvalue weighted by molar-refractivity contribution is -0.171. The van der Waals surface area contributed by atoms with Crippen LogP contribution in [-0.2, 0) is 97.6 Å². The van der Waals surface area contributed by atoms with Crippen molar-refractivity contribution in [3.63, 3.8) is 0 Å². The molecule has 6 rings (SSSR count). The van der Waals surface area contributed by atoms with E-state index in [1.807, 2.05) is 13.8 Å². The van der Waals surface area contributed by atoms with E-state index in [0.717, 1.165) is 0 Å². The SMILES string of the molecule is CC[C@H](C)[C@H](NC(=O)[C@H](CCCNC(=N)N)NC(=O)CNC(=O)[C@H](CC(C)C)NC(=O)[C@H](Cc1ccccc1)NC(=O)[C@H](CCCCN)NC(=O)[C@H](CO)NC(=O)[C@H](Cc1ccccc1)NC(=O)[C@H](Cc1c[nH]c2ccccc12)NC(=O)[C@H](CCC(N)=O)NC(=O)[C@@H]1C[C@H](C(F)(F)F)CN1C(=O)[C@@H](NC(=O)[C@@H](N)Cc1ccccc1)C(C)C)C(=O)N[C@@H](CC(C)C)C(N)=O. The van der Waals surface area contributed by atoms with Gasteiger partial charge in [-0.2, -0.15) is 13.2 Å². The molecule has 0 saturated carbocycles. The van der Waals surface area contributed by atoms with Crippen molar-refractivity contribution in [1.82, 2.24) is 79.0 Å². The molecule has 0 bridgehead atoms. The summed E-state index contributed by atoms with van der Waals surface area (Å²) in [6.45, 7) is 11.0. The molecule has 706 valence electrons. The molecule has 15 atom stereocenters. The van der Waals surface area contributed by atoms with Crippen molar-refractivity contribution < 1.29 is 90.2 Å². The summed E-state index contributed by atoms with van der Waals surface area (Å²) in [6, 6.07) is 12.1. The minimum absolute atomic E-state index is 0.0240. The number of aliphatic hydroxyl groups excluding tert-OH is 1. The van der Waals surface area contributed by atoms with Crippen LogP contribution in [0.2, 0.25) is 0 Å². The Balaban J connectivity index is 1.24. The average molecular weight is 1810 g/mol. The second kappa shape index (κ2) is 52.0. The molecule has 15 amide bonds. The number of alkyl halides is 3. The Morgan fingerprint density at radius 1 is 0.504 bits per heavy atom. The predicted octanol–water partition coefficient (Wildman–Crippen LogP) is -0.0761. The number of aliphatic hydroxyl groups is 1. The molecule has 0 aliphatic carbocycles. The minimum atomic E-state index is -4.96. The Labute approximate surface area is 747 Å². The standard InChI is InChI=1S/C89H128F3N21O16/c1-9-52(8)74(86(128)105-64(75(96)117)38-49(2)3)112-80(122)61(33-23-37-99-88(97)98)102-72(116)46-101-77(119)65(39-50(4)5)106-81(123)66(41-54-26-15-11-16-27-54)107-78(120)62(32-21-22-36-93)103-84(126)69(48-114)110-82(124)67(42-55-28-17-12-18-29-55)108-83(125)68(43-56-45-100-60-31-20-19-30-58(56)60)109-79(121)63(34-35-71(95)115)104-85(127)70-44-57(89(90,91)92)47-113(70)87(129)73(51(6)7)111-76(118)59(94)40-53-24-13-10-14-25-53/h10-20,24-31,45,49-52,57,59,61-70,73-74,100,114H,9,21-23,32-44,46-48,93-94H2,1-8H3,(H2,95,115)(H2,96,117)(H,101,119)(H,102,116)(H,103,126)(H,104,127)(H,105,128)(H,106,123)(H,107,120)(H,108,125)(H,109,121)(H,110,124)(H,111,118)(H,112,122)(H4,97,98,99)/t52-,57-,59-,61-,62-,63-,64-,65-,66-,67-,68-,69-,70-,73-,74-/m0/s1. The van der Waals surface area contributed by atoms with Gasteiger partial charge >= 0.3 is 6.18 Å². The lowest BCUT2D eigenvalue weighted by Crippen LogP contribution is -2.61. The fraction of sp³-hybridized carbons (Fsp3) is 0.528. The highest BCUT2D eigenvalue weighted by Crippen LogP contribution is 2.38. The highest BCUT2D eigenvalue weighted by Gasteiger charge is 2.53. The van der Waals surface area contributed by atoms with Gasteiger partial charge in [0.25, 0.3) is 0 Å². The van der Waals surface area contributed by atoms with Crippen molar-refractivity contribution in [2.75, 3.05) is 32.8 Å². The number of carbonyl (C=O) groups is 15. The van der Waals surface area contributed by atoms with Crippen LogP contribution < -0.4 is 97.8 Å². The third-order valence-electron chi connectivity index (χ3n) is 22.0. The molecule has 1 aliphatic rings. The van der Waals surface area contributed by atoms with Gasteiger partial charge < -0.3 is 113 Å². The van der Waals surface area contributed by atoms with Crippen LogP contribution in [-0.4, -0.2) is 227 Å². The van der Waals surface area contributed by atoms with Gasteiger partial charge in [-0.25, -0.2) is 0 Å². The number of primary amides is 2. The number of guanidine groups is 1. The largest absolute Gasteiger partial charge is 0.394 e. The monoisotopic (exact) mass is 1800 g/mol. The van der Waals surface area contributed by atoms with Crippen molar-refractivity contribution in [1.29, 1.82) is 5.41 Å². The molecular weight excluding hydrogens is 1680 g/mol. The molecule has 1 saturated heterocycles. The van der Waals surface area contributed by atoms with E-state index in [4.69, 9.17) is 34.1 Å². The number of fused-ring (bicyclic) bond motifs is 1. The highest BCUT2D eigenvalue weighted by atomic mass is 19.4. The van der Waals surface area contributed by atoms with Crippen molar-refractivity contribution in [3.8, 4) is 0 Å². The number of nitrogens with two attached hydrogens (primary N) is 5. The van der Waals surface area contributed by atoms with Crippen molar-refractivity contribution >= 4 is 105 Å². The molecule has 1 aliphatic heterocycles. The average Bonchev–Trinajstić information content (AvgIpc) is 1.65. The van der Waals surface area contributed by atoms with E-state index in [0.29, 0.717) is 50.9 Å². The van der Waals surface area contributed by atoms with Gasteiger partial charge in [0.05, 0.1) is 25.1 Å². The summed E-state index contributed by atoms with van der Waals surface area (Å²) in [5.74, 6) is -18.7. The lowest BCUT2D eigenvalue weighted by atomic mass is 9.96. The minimum Gasteiger partial charge on any atom is -0.394 e. The second-order valence-electron chi connectivity index (χ2n) is 33.8. The molecule has 37 nitrogen and oxygen atoms in total. The number of likely N-dealkylation sites (tertiary alicyclic amines) is 1. The number of halogens is 3. The fourth-order valence-electron chi connectivity index (χ4n) is 14.7. The van der Waals surface area contributed by atoms with Crippen LogP contribution in [0.15, 0.2) is 121 Å². The van der Waals surface area contributed by atoms with Gasteiger partial charge in [-0.3, -0.25) is 77.3 Å². The maximum Gasteiger partial charge on any atom is 0.393 e. The Morgan fingerprint density at radius 3 is 1.47 bits per heavy atom. The Morgan fingerprint density at radius 2 is 0.961 bits per heavy atom. The number of unbranched alkanes of at least 4 members (excludes halogenated alkanes) is 1. The van der Waals surface area contributed by atoms with Gasteiger partial charge in [-0.1, -0.05) is 171 Å². The van der Waals surface area contributed by atoms with Crippen molar-refractivity contribution in [3.05, 3.63) is 144 Å². The first-order valence-corrected chi connectivity index (χ1v) is 43.5. The first kappa shape index (κ1) is 105. The van der Waals surface area contributed by atoms with Gasteiger partial charge in [-0.05, 0) is 123 Å². The van der Waals surface area contributed by atoms with E-state index in [1.54, 1.807) is 143 Å². The maximum atomic E-state index is 15.3. The summed E-state index contributed by atoms with van der Waals surface area (Å²) in [4.78, 5) is 217. The zero-order valence-corrected chi connectivity index (χ0v) is 74.1. The predicted molar refractivity (Wildman–Crippen MR) is 474 cm³/mol. The summed E-state index contributed by atoms with van der Waals surface area (Å²) in [6.07, 6.45) is -5.47. The molecular formula is C89H128F3N21O16. The molecule has 1 aromatic heterocycles. The van der Waals surface area contributed by atoms with E-state index < -0.39 is 230 Å². The number of H-pyrrole nitrogens is 1. The molecule has 4 aromatic carbocycles. The number of para-hydroxylation sites is 1. The molecule has 129 heavy (non-hydrogen) atoms. The van der Waals surface area contributed by atoms with Gasteiger partial charge in [0, 0.05) is 55.9 Å². The van der Waals surface area contributed by atoms with Gasteiger partial charge in [-0.15, -0.1) is 0 Å². The number of benzene rings is 4. The topological polar surface area (TPSA) is 606 Å². The number of hydrogen-bond donors (Lipinski definition) is 21. The molecule has 26 N–H and O–H groups in total. The Hall–Kier alpha value is -12.6. The third-order valence-corrected chi connectivity index (χ3v) is 22.0. The van der Waals surface area contributed by atoms with Crippen molar-refractivity contribution in [2.45, 2.75) is 236 Å². The van der Waals surface area contributed by atoms with E-state index in [1.165, 1.54) is 20.0 Å². The van der Waals surface area contributed by atoms with Crippen LogP contribution in [0.4, 0.5) is 13.2 Å². The van der Waals surface area contributed by atoms with Crippen molar-refractivity contribution in [2.24, 2.45) is 58.3 Å². The molecule has 2 heterocycles. The first-order valence-electron chi connectivity index (χ1n) is 43.5. The normalized spacial score (nSPS) is 16.2. The number of carbonyl (C=O) groups excluding carboxylic acids is 15. The van der Waals surface area contributed by atoms with E-state index in [-0.39, 0.29) is 95.1 Å². The first-order chi connectivity index (χ1) is 61.1. The molecule has 0 unspecified atom stereocenters. The summed E-state index contributed by atoms with van der Waals surface area (Å²) < 4.78 is 44.4. The Kier molecular flexibility index (Phi) is 42.4. The number of aromatic nitrogens is 1. The summed E-state index contributed by atoms with van der Waals surface area (Å²) in [7, 11) is 0.